The van der Waals surface area contributed by atoms with E-state index in [-0.39, 0.29) is 0 Å². The normalized spacial score (nSPS) is 11.6. The Balaban J connectivity index is 1.10. The number of hydrogen-bond donors (Lipinski definition) is 0. The molecule has 0 atom stereocenters. The lowest BCUT2D eigenvalue weighted by Gasteiger charge is -2.12. The summed E-state index contributed by atoms with van der Waals surface area (Å²) in [4.78, 5) is 10.2. The summed E-state index contributed by atoms with van der Waals surface area (Å²) in [6.45, 7) is 0. The Hall–Kier alpha value is -6.78. The van der Waals surface area contributed by atoms with E-state index in [4.69, 9.17) is 14.4 Å². The molecule has 0 amide bonds. The predicted octanol–water partition coefficient (Wildman–Crippen LogP) is 12.1. The molecule has 50 heavy (non-hydrogen) atoms. The van der Waals surface area contributed by atoms with Crippen LogP contribution in [-0.4, -0.2) is 14.5 Å². The highest BCUT2D eigenvalue weighted by Crippen LogP contribution is 2.38. The maximum Gasteiger partial charge on any atom is 0.160 e. The van der Waals surface area contributed by atoms with E-state index in [1.165, 1.54) is 21.8 Å². The van der Waals surface area contributed by atoms with Crippen LogP contribution in [0, 0.1) is 0 Å². The van der Waals surface area contributed by atoms with Gasteiger partial charge in [0, 0.05) is 43.9 Å². The second kappa shape index (κ2) is 11.4. The molecule has 0 N–H and O–H groups in total. The van der Waals surface area contributed by atoms with Crippen molar-refractivity contribution in [2.24, 2.45) is 0 Å². The van der Waals surface area contributed by atoms with E-state index < -0.39 is 0 Å². The van der Waals surface area contributed by atoms with Gasteiger partial charge < -0.3 is 8.98 Å². The first-order valence-corrected chi connectivity index (χ1v) is 16.8. The average Bonchev–Trinajstić information content (AvgIpc) is 3.74. The predicted molar refractivity (Wildman–Crippen MR) is 205 cm³/mol. The second-order valence-corrected chi connectivity index (χ2v) is 12.6. The molecule has 0 fully saturated rings. The summed E-state index contributed by atoms with van der Waals surface area (Å²) in [5.74, 6) is 0.694. The quantitative estimate of drug-likeness (QED) is 0.188. The minimum atomic E-state index is 0.694. The smallest absolute Gasteiger partial charge is 0.160 e. The van der Waals surface area contributed by atoms with Gasteiger partial charge in [-0.2, -0.15) is 0 Å². The largest absolute Gasteiger partial charge is 0.456 e. The maximum absolute atomic E-state index is 6.17. The highest BCUT2D eigenvalue weighted by Gasteiger charge is 2.16. The van der Waals surface area contributed by atoms with Crippen molar-refractivity contribution < 1.29 is 4.42 Å². The molecule has 0 aliphatic heterocycles. The van der Waals surface area contributed by atoms with Crippen LogP contribution in [0.5, 0.6) is 0 Å². The Morgan fingerprint density at radius 1 is 0.400 bits per heavy atom. The van der Waals surface area contributed by atoms with Gasteiger partial charge in [0.2, 0.25) is 0 Å². The van der Waals surface area contributed by atoms with Crippen LogP contribution in [0.25, 0.3) is 94.5 Å². The zero-order valence-electron chi connectivity index (χ0n) is 27.0. The van der Waals surface area contributed by atoms with Gasteiger partial charge in [0.25, 0.3) is 0 Å². The lowest BCUT2D eigenvalue weighted by molar-refractivity contribution is 0.669. The molecule has 0 radical (unpaired) electrons. The number of fused-ring (bicyclic) bond motifs is 6. The van der Waals surface area contributed by atoms with Crippen LogP contribution in [-0.2, 0) is 0 Å². The van der Waals surface area contributed by atoms with Gasteiger partial charge in [0.15, 0.2) is 5.82 Å². The van der Waals surface area contributed by atoms with Gasteiger partial charge in [-0.05, 0) is 53.6 Å². The van der Waals surface area contributed by atoms with Crippen LogP contribution in [0.2, 0.25) is 0 Å². The number of hydrogen-bond acceptors (Lipinski definition) is 3. The third-order valence-corrected chi connectivity index (χ3v) is 9.63. The average molecular weight is 640 g/mol. The van der Waals surface area contributed by atoms with Crippen LogP contribution in [0.3, 0.4) is 0 Å². The molecular weight excluding hydrogens is 611 g/mol. The van der Waals surface area contributed by atoms with Crippen molar-refractivity contribution in [2.45, 2.75) is 0 Å². The van der Waals surface area contributed by atoms with Crippen LogP contribution < -0.4 is 0 Å². The van der Waals surface area contributed by atoms with E-state index in [1.807, 2.05) is 36.4 Å². The minimum absolute atomic E-state index is 0.694. The summed E-state index contributed by atoms with van der Waals surface area (Å²) in [5.41, 5.74) is 12.3. The summed E-state index contributed by atoms with van der Waals surface area (Å²) in [5, 5.41) is 4.74. The van der Waals surface area contributed by atoms with Gasteiger partial charge in [-0.25, -0.2) is 9.97 Å². The number of furan rings is 1. The number of aromatic nitrogens is 3. The van der Waals surface area contributed by atoms with E-state index >= 15 is 0 Å². The molecule has 0 saturated heterocycles. The Morgan fingerprint density at radius 2 is 0.980 bits per heavy atom. The first-order valence-electron chi connectivity index (χ1n) is 16.8. The molecule has 0 aliphatic carbocycles. The molecule has 0 bridgehead atoms. The molecule has 3 heterocycles. The van der Waals surface area contributed by atoms with Crippen molar-refractivity contribution in [1.82, 2.24) is 14.5 Å². The topological polar surface area (TPSA) is 43.9 Å². The van der Waals surface area contributed by atoms with Crippen molar-refractivity contribution in [2.75, 3.05) is 0 Å². The van der Waals surface area contributed by atoms with Gasteiger partial charge in [-0.1, -0.05) is 133 Å². The fourth-order valence-electron chi connectivity index (χ4n) is 7.30. The molecule has 0 aliphatic rings. The monoisotopic (exact) mass is 639 g/mol. The van der Waals surface area contributed by atoms with Crippen molar-refractivity contribution in [3.63, 3.8) is 0 Å². The standard InChI is InChI=1S/C46H29N3O/c1-2-12-32(13-3-1)46-47-39(31-26-24-30(25-27-31)35-19-11-23-44-45(35)38-18-6-9-22-43(38)50-44)29-40(48-46)33-14-10-15-34(28-33)49-41-20-7-4-16-36(41)37-17-5-8-21-42(37)49/h1-29H. The maximum atomic E-state index is 6.17. The number of para-hydroxylation sites is 3. The van der Waals surface area contributed by atoms with Gasteiger partial charge in [-0.3, -0.25) is 0 Å². The highest BCUT2D eigenvalue weighted by atomic mass is 16.3. The van der Waals surface area contributed by atoms with Crippen LogP contribution in [0.4, 0.5) is 0 Å². The second-order valence-electron chi connectivity index (χ2n) is 12.6. The molecule has 10 aromatic rings. The Labute approximate surface area is 288 Å². The summed E-state index contributed by atoms with van der Waals surface area (Å²) >= 11 is 0. The highest BCUT2D eigenvalue weighted by molar-refractivity contribution is 6.12. The molecule has 0 spiro atoms. The van der Waals surface area contributed by atoms with E-state index in [1.54, 1.807) is 0 Å². The van der Waals surface area contributed by atoms with Crippen molar-refractivity contribution in [1.29, 1.82) is 0 Å². The van der Waals surface area contributed by atoms with Crippen LogP contribution in [0.1, 0.15) is 0 Å². The van der Waals surface area contributed by atoms with Gasteiger partial charge in [-0.15, -0.1) is 0 Å². The first kappa shape index (κ1) is 28.3. The first-order chi connectivity index (χ1) is 24.8. The van der Waals surface area contributed by atoms with Gasteiger partial charge >= 0.3 is 0 Å². The number of nitrogens with zero attached hydrogens (tertiary/aromatic N) is 3. The third-order valence-electron chi connectivity index (χ3n) is 9.63. The summed E-state index contributed by atoms with van der Waals surface area (Å²) in [6, 6.07) is 61.4. The number of benzene rings is 7. The van der Waals surface area contributed by atoms with Crippen LogP contribution in [0.15, 0.2) is 180 Å². The molecule has 3 aromatic heterocycles. The molecule has 0 unspecified atom stereocenters. The molecule has 234 valence electrons. The summed E-state index contributed by atoms with van der Waals surface area (Å²) in [6.07, 6.45) is 0. The van der Waals surface area contributed by atoms with E-state index in [0.29, 0.717) is 5.82 Å². The Kier molecular flexibility index (Phi) is 6.46. The number of rotatable bonds is 5. The van der Waals surface area contributed by atoms with Gasteiger partial charge in [0.1, 0.15) is 11.2 Å². The van der Waals surface area contributed by atoms with E-state index in [0.717, 1.165) is 66.8 Å². The van der Waals surface area contributed by atoms with E-state index in [9.17, 15) is 0 Å². The van der Waals surface area contributed by atoms with E-state index in [2.05, 4.69) is 144 Å². The zero-order chi connectivity index (χ0) is 33.0. The summed E-state index contributed by atoms with van der Waals surface area (Å²) < 4.78 is 8.52. The SMILES string of the molecule is c1ccc(-c2nc(-c3ccc(-c4cccc5oc6ccccc6c45)cc3)cc(-c3cccc(-n4c5ccccc5c5ccccc54)c3)n2)cc1. The van der Waals surface area contributed by atoms with Crippen LogP contribution >= 0.6 is 0 Å². The lowest BCUT2D eigenvalue weighted by atomic mass is 9.97. The minimum Gasteiger partial charge on any atom is -0.456 e. The molecule has 4 heteroatoms. The molecule has 4 nitrogen and oxygen atoms in total. The summed E-state index contributed by atoms with van der Waals surface area (Å²) in [7, 11) is 0. The van der Waals surface area contributed by atoms with Gasteiger partial charge in [0.05, 0.1) is 22.4 Å². The van der Waals surface area contributed by atoms with Crippen molar-refractivity contribution in [3.8, 4) is 50.7 Å². The third kappa shape index (κ3) is 4.61. The molecule has 7 aromatic carbocycles. The molecule has 0 saturated carbocycles. The molecule has 10 rings (SSSR count). The Morgan fingerprint density at radius 3 is 1.74 bits per heavy atom. The zero-order valence-corrected chi connectivity index (χ0v) is 27.0. The molecular formula is C46H29N3O. The fourth-order valence-corrected chi connectivity index (χ4v) is 7.30. The lowest BCUT2D eigenvalue weighted by Crippen LogP contribution is -1.97. The Bertz CT molecular complexity index is 2810. The van der Waals surface area contributed by atoms with Crippen molar-refractivity contribution >= 4 is 43.7 Å². The van der Waals surface area contributed by atoms with Crippen molar-refractivity contribution in [3.05, 3.63) is 176 Å². The fraction of sp³-hybridized carbons (Fsp3) is 0.